The molecular formula is C16H24N2O4. The molecule has 6 heteroatoms. The summed E-state index contributed by atoms with van der Waals surface area (Å²) in [4.78, 5) is 21.2. The molecule has 6 N–H and O–H groups in total. The van der Waals surface area contributed by atoms with Gasteiger partial charge in [0.15, 0.2) is 0 Å². The zero-order valence-electron chi connectivity index (χ0n) is 12.8. The minimum Gasteiger partial charge on any atom is -0.478 e. The van der Waals surface area contributed by atoms with E-state index in [2.05, 4.69) is 0 Å². The van der Waals surface area contributed by atoms with E-state index < -0.39 is 11.9 Å². The molecule has 0 bridgehead atoms. The van der Waals surface area contributed by atoms with Gasteiger partial charge in [0.05, 0.1) is 11.1 Å². The molecule has 2 rings (SSSR count). The van der Waals surface area contributed by atoms with Gasteiger partial charge in [-0.25, -0.2) is 9.59 Å². The van der Waals surface area contributed by atoms with E-state index in [0.717, 1.165) is 12.8 Å². The smallest absolute Gasteiger partial charge is 0.335 e. The number of hydrogen-bond donors (Lipinski definition) is 4. The molecule has 0 heterocycles. The van der Waals surface area contributed by atoms with Crippen molar-refractivity contribution in [3.63, 3.8) is 0 Å². The van der Waals surface area contributed by atoms with Crippen molar-refractivity contribution in [2.45, 2.75) is 44.6 Å². The van der Waals surface area contributed by atoms with Gasteiger partial charge >= 0.3 is 11.9 Å². The van der Waals surface area contributed by atoms with Gasteiger partial charge in [-0.1, -0.05) is 25.3 Å². The van der Waals surface area contributed by atoms with E-state index in [1.165, 1.54) is 44.4 Å². The number of carboxylic acids is 2. The standard InChI is InChI=1S/C9H8O4.C7H16N2/c1-5-6(8(10)11)3-2-4-7(5)9(12)13;8-6-7(9)4-2-1-3-5-7/h2-4H,1H3,(H,10,11)(H,12,13);1-6,8-9H2. The number of hydrogen-bond acceptors (Lipinski definition) is 4. The predicted octanol–water partition coefficient (Wildman–Crippen LogP) is 2.00. The van der Waals surface area contributed by atoms with Crippen molar-refractivity contribution < 1.29 is 19.8 Å². The third-order valence-electron chi connectivity index (χ3n) is 4.05. The number of aromatic carboxylic acids is 2. The quantitative estimate of drug-likeness (QED) is 0.676. The first-order chi connectivity index (χ1) is 10.3. The third-order valence-corrected chi connectivity index (χ3v) is 4.05. The normalized spacial score (nSPS) is 16.3. The fourth-order valence-electron chi connectivity index (χ4n) is 2.56. The van der Waals surface area contributed by atoms with Crippen LogP contribution in [0.25, 0.3) is 0 Å². The lowest BCUT2D eigenvalue weighted by Gasteiger charge is -2.31. The summed E-state index contributed by atoms with van der Waals surface area (Å²) in [6, 6.07) is 4.17. The highest BCUT2D eigenvalue weighted by Gasteiger charge is 2.24. The molecule has 0 aliphatic heterocycles. The summed E-state index contributed by atoms with van der Waals surface area (Å²) < 4.78 is 0. The second-order valence-corrected chi connectivity index (χ2v) is 5.72. The molecule has 0 saturated heterocycles. The summed E-state index contributed by atoms with van der Waals surface area (Å²) in [6.45, 7) is 2.14. The van der Waals surface area contributed by atoms with Crippen LogP contribution in [0.2, 0.25) is 0 Å². The van der Waals surface area contributed by atoms with E-state index >= 15 is 0 Å². The number of carboxylic acid groups (broad SMARTS) is 2. The van der Waals surface area contributed by atoms with Gasteiger partial charge in [-0.15, -0.1) is 0 Å². The van der Waals surface area contributed by atoms with Gasteiger partial charge in [0.1, 0.15) is 0 Å². The fraction of sp³-hybridized carbons (Fsp3) is 0.500. The third kappa shape index (κ3) is 4.82. The van der Waals surface area contributed by atoms with Crippen molar-refractivity contribution in [2.75, 3.05) is 6.54 Å². The van der Waals surface area contributed by atoms with E-state index in [1.54, 1.807) is 0 Å². The highest BCUT2D eigenvalue weighted by atomic mass is 16.4. The molecule has 1 aliphatic rings. The summed E-state index contributed by atoms with van der Waals surface area (Å²) >= 11 is 0. The zero-order chi connectivity index (χ0) is 16.8. The lowest BCUT2D eigenvalue weighted by atomic mass is 9.83. The summed E-state index contributed by atoms with van der Waals surface area (Å²) in [7, 11) is 0. The van der Waals surface area contributed by atoms with E-state index in [1.807, 2.05) is 0 Å². The molecule has 122 valence electrons. The van der Waals surface area contributed by atoms with Crippen LogP contribution in [0.3, 0.4) is 0 Å². The summed E-state index contributed by atoms with van der Waals surface area (Å²) in [5, 5.41) is 17.4. The molecule has 1 aliphatic carbocycles. The van der Waals surface area contributed by atoms with Crippen LogP contribution in [0, 0.1) is 6.92 Å². The van der Waals surface area contributed by atoms with Crippen LogP contribution < -0.4 is 11.5 Å². The maximum Gasteiger partial charge on any atom is 0.335 e. The average Bonchev–Trinajstić information content (AvgIpc) is 2.48. The molecule has 6 nitrogen and oxygen atoms in total. The number of rotatable bonds is 3. The molecule has 1 fully saturated rings. The van der Waals surface area contributed by atoms with E-state index in [9.17, 15) is 9.59 Å². The molecule has 1 aromatic carbocycles. The van der Waals surface area contributed by atoms with E-state index in [-0.39, 0.29) is 22.2 Å². The lowest BCUT2D eigenvalue weighted by Crippen LogP contribution is -2.48. The molecule has 0 atom stereocenters. The van der Waals surface area contributed by atoms with Gasteiger partial charge in [-0.2, -0.15) is 0 Å². The molecule has 0 unspecified atom stereocenters. The Morgan fingerprint density at radius 2 is 1.55 bits per heavy atom. The first-order valence-electron chi connectivity index (χ1n) is 7.36. The van der Waals surface area contributed by atoms with Crippen LogP contribution in [0.15, 0.2) is 18.2 Å². The van der Waals surface area contributed by atoms with Gasteiger partial charge < -0.3 is 21.7 Å². The Kier molecular flexibility index (Phi) is 6.52. The number of nitrogens with two attached hydrogens (primary N) is 2. The van der Waals surface area contributed by atoms with E-state index in [4.69, 9.17) is 21.7 Å². The van der Waals surface area contributed by atoms with Crippen LogP contribution in [0.1, 0.15) is 58.4 Å². The molecule has 22 heavy (non-hydrogen) atoms. The van der Waals surface area contributed by atoms with Crippen LogP contribution in [0.4, 0.5) is 0 Å². The molecule has 0 aromatic heterocycles. The van der Waals surface area contributed by atoms with Crippen molar-refractivity contribution in [3.05, 3.63) is 34.9 Å². The van der Waals surface area contributed by atoms with Crippen LogP contribution in [0.5, 0.6) is 0 Å². The van der Waals surface area contributed by atoms with Gasteiger partial charge in [-0.05, 0) is 37.5 Å². The van der Waals surface area contributed by atoms with Gasteiger partial charge in [0, 0.05) is 12.1 Å². The molecule has 0 amide bonds. The fourth-order valence-corrected chi connectivity index (χ4v) is 2.56. The van der Waals surface area contributed by atoms with Crippen molar-refractivity contribution in [3.8, 4) is 0 Å². The van der Waals surface area contributed by atoms with Crippen LogP contribution in [-0.4, -0.2) is 34.2 Å². The van der Waals surface area contributed by atoms with Crippen molar-refractivity contribution in [1.82, 2.24) is 0 Å². The molecule has 1 saturated carbocycles. The average molecular weight is 308 g/mol. The number of carbonyl (C=O) groups is 2. The van der Waals surface area contributed by atoms with Crippen molar-refractivity contribution in [1.29, 1.82) is 0 Å². The van der Waals surface area contributed by atoms with Crippen molar-refractivity contribution >= 4 is 11.9 Å². The first kappa shape index (κ1) is 18.1. The Hall–Kier alpha value is -1.92. The van der Waals surface area contributed by atoms with E-state index in [0.29, 0.717) is 6.54 Å². The Morgan fingerprint density at radius 3 is 1.86 bits per heavy atom. The summed E-state index contributed by atoms with van der Waals surface area (Å²) in [5.74, 6) is -2.22. The van der Waals surface area contributed by atoms with Crippen LogP contribution >= 0.6 is 0 Å². The second-order valence-electron chi connectivity index (χ2n) is 5.72. The maximum absolute atomic E-state index is 10.6. The maximum atomic E-state index is 10.6. The number of benzene rings is 1. The second kappa shape index (κ2) is 7.91. The Balaban J connectivity index is 0.000000235. The minimum absolute atomic E-state index is 0.00174. The SMILES string of the molecule is Cc1c(C(=O)O)cccc1C(=O)O.NCC1(N)CCCCC1. The largest absolute Gasteiger partial charge is 0.478 e. The summed E-state index contributed by atoms with van der Waals surface area (Å²) in [6.07, 6.45) is 6.15. The first-order valence-corrected chi connectivity index (χ1v) is 7.36. The van der Waals surface area contributed by atoms with Gasteiger partial charge in [0.2, 0.25) is 0 Å². The van der Waals surface area contributed by atoms with Crippen molar-refractivity contribution in [2.24, 2.45) is 11.5 Å². The minimum atomic E-state index is -1.11. The Morgan fingerprint density at radius 1 is 1.09 bits per heavy atom. The lowest BCUT2D eigenvalue weighted by molar-refractivity contribution is 0.0696. The Labute approximate surface area is 130 Å². The molecule has 0 spiro atoms. The van der Waals surface area contributed by atoms with Crippen LogP contribution in [-0.2, 0) is 0 Å². The Bertz CT molecular complexity index is 505. The monoisotopic (exact) mass is 308 g/mol. The van der Waals surface area contributed by atoms with Gasteiger partial charge in [-0.3, -0.25) is 0 Å². The highest BCUT2D eigenvalue weighted by molar-refractivity contribution is 5.96. The van der Waals surface area contributed by atoms with Gasteiger partial charge in [0.25, 0.3) is 0 Å². The highest BCUT2D eigenvalue weighted by Crippen LogP contribution is 2.24. The molecule has 1 aromatic rings. The predicted molar refractivity (Wildman–Crippen MR) is 84.2 cm³/mol. The summed E-state index contributed by atoms with van der Waals surface area (Å²) in [5.41, 5.74) is 11.8. The topological polar surface area (TPSA) is 127 Å². The molecule has 0 radical (unpaired) electrons. The zero-order valence-corrected chi connectivity index (χ0v) is 12.8. The molecular weight excluding hydrogens is 284 g/mol.